The van der Waals surface area contributed by atoms with E-state index in [0.717, 1.165) is 11.3 Å². The zero-order valence-corrected chi connectivity index (χ0v) is 9.32. The van der Waals surface area contributed by atoms with Crippen LogP contribution in [0, 0.1) is 6.92 Å². The monoisotopic (exact) mass is 242 g/mol. The summed E-state index contributed by atoms with van der Waals surface area (Å²) < 4.78 is 38.3. The van der Waals surface area contributed by atoms with E-state index < -0.39 is 11.1 Å². The van der Waals surface area contributed by atoms with Crippen LogP contribution < -0.4 is 0 Å². The summed E-state index contributed by atoms with van der Waals surface area (Å²) >= 11 is 0.791. The number of alkyl halides is 3. The second-order valence-electron chi connectivity index (χ2n) is 3.46. The fourth-order valence-corrected chi connectivity index (χ4v) is 2.46. The van der Waals surface area contributed by atoms with Crippen LogP contribution in [0.15, 0.2) is 36.4 Å². The standard InChI is InChI=1S/C12H9F3S/c1-8-7-10(9-5-3-2-4-6-9)11(16-8)12(13,14)15/h2-7H,1H3. The molecule has 0 saturated carbocycles. The number of rotatable bonds is 1. The molecule has 0 unspecified atom stereocenters. The van der Waals surface area contributed by atoms with Crippen LogP contribution in [-0.2, 0) is 6.18 Å². The maximum absolute atomic E-state index is 12.8. The van der Waals surface area contributed by atoms with E-state index in [1.807, 2.05) is 0 Å². The molecule has 0 N–H and O–H groups in total. The molecule has 2 rings (SSSR count). The van der Waals surface area contributed by atoms with E-state index >= 15 is 0 Å². The van der Waals surface area contributed by atoms with Crippen molar-refractivity contribution in [3.05, 3.63) is 46.2 Å². The van der Waals surface area contributed by atoms with Crippen LogP contribution in [0.3, 0.4) is 0 Å². The SMILES string of the molecule is Cc1cc(-c2ccccc2)c(C(F)(F)F)s1. The van der Waals surface area contributed by atoms with Gasteiger partial charge in [0.25, 0.3) is 0 Å². The van der Waals surface area contributed by atoms with Crippen molar-refractivity contribution in [3.8, 4) is 11.1 Å². The van der Waals surface area contributed by atoms with Crippen LogP contribution >= 0.6 is 11.3 Å². The van der Waals surface area contributed by atoms with Crippen molar-refractivity contribution in [1.82, 2.24) is 0 Å². The maximum atomic E-state index is 12.8. The van der Waals surface area contributed by atoms with Crippen LogP contribution in [0.2, 0.25) is 0 Å². The Morgan fingerprint density at radius 1 is 1.06 bits per heavy atom. The molecule has 0 fully saturated rings. The number of hydrogen-bond acceptors (Lipinski definition) is 1. The molecule has 0 atom stereocenters. The summed E-state index contributed by atoms with van der Waals surface area (Å²) in [5.41, 5.74) is 0.884. The molecule has 0 bridgehead atoms. The number of aryl methyl sites for hydroxylation is 1. The molecule has 0 amide bonds. The second-order valence-corrected chi connectivity index (χ2v) is 4.72. The summed E-state index contributed by atoms with van der Waals surface area (Å²) in [6.45, 7) is 1.69. The van der Waals surface area contributed by atoms with Gasteiger partial charge in [-0.05, 0) is 18.6 Å². The Morgan fingerprint density at radius 3 is 2.25 bits per heavy atom. The van der Waals surface area contributed by atoms with Gasteiger partial charge in [-0.2, -0.15) is 13.2 Å². The highest BCUT2D eigenvalue weighted by Gasteiger charge is 2.35. The molecular weight excluding hydrogens is 233 g/mol. The maximum Gasteiger partial charge on any atom is 0.426 e. The van der Waals surface area contributed by atoms with Gasteiger partial charge in [0.1, 0.15) is 4.88 Å². The lowest BCUT2D eigenvalue weighted by molar-refractivity contribution is -0.133. The molecule has 0 aliphatic heterocycles. The first kappa shape index (κ1) is 11.2. The molecule has 0 saturated heterocycles. The Balaban J connectivity index is 2.58. The highest BCUT2D eigenvalue weighted by Crippen LogP contribution is 2.42. The quantitative estimate of drug-likeness (QED) is 0.677. The Morgan fingerprint density at radius 2 is 1.69 bits per heavy atom. The smallest absolute Gasteiger partial charge is 0.165 e. The predicted molar refractivity (Wildman–Crippen MR) is 59.5 cm³/mol. The van der Waals surface area contributed by atoms with Gasteiger partial charge in [-0.3, -0.25) is 0 Å². The lowest BCUT2D eigenvalue weighted by Crippen LogP contribution is -2.03. The number of halogens is 3. The van der Waals surface area contributed by atoms with E-state index in [0.29, 0.717) is 10.4 Å². The van der Waals surface area contributed by atoms with E-state index in [4.69, 9.17) is 0 Å². The minimum atomic E-state index is -4.27. The average molecular weight is 242 g/mol. The summed E-state index contributed by atoms with van der Waals surface area (Å²) in [7, 11) is 0. The minimum absolute atomic E-state index is 0.274. The molecule has 0 aliphatic rings. The van der Waals surface area contributed by atoms with Crippen molar-refractivity contribution < 1.29 is 13.2 Å². The van der Waals surface area contributed by atoms with Gasteiger partial charge in [-0.1, -0.05) is 30.3 Å². The van der Waals surface area contributed by atoms with Gasteiger partial charge >= 0.3 is 6.18 Å². The normalized spacial score (nSPS) is 11.8. The molecule has 1 aromatic heterocycles. The van der Waals surface area contributed by atoms with Crippen LogP contribution in [0.1, 0.15) is 9.75 Å². The van der Waals surface area contributed by atoms with Crippen molar-refractivity contribution in [3.63, 3.8) is 0 Å². The summed E-state index contributed by atoms with van der Waals surface area (Å²) in [4.78, 5) is 0.155. The molecule has 1 aromatic carbocycles. The van der Waals surface area contributed by atoms with Gasteiger partial charge in [0.05, 0.1) is 0 Å². The molecule has 0 radical (unpaired) electrons. The molecule has 0 nitrogen and oxygen atoms in total. The topological polar surface area (TPSA) is 0 Å². The first-order chi connectivity index (χ1) is 7.48. The summed E-state index contributed by atoms with van der Waals surface area (Å²) in [5, 5.41) is 0. The number of benzene rings is 1. The van der Waals surface area contributed by atoms with Gasteiger partial charge in [-0.25, -0.2) is 0 Å². The predicted octanol–water partition coefficient (Wildman–Crippen LogP) is 4.74. The highest BCUT2D eigenvalue weighted by atomic mass is 32.1. The second kappa shape index (κ2) is 3.94. The molecule has 0 spiro atoms. The van der Waals surface area contributed by atoms with E-state index in [-0.39, 0.29) is 5.56 Å². The van der Waals surface area contributed by atoms with Gasteiger partial charge in [-0.15, -0.1) is 11.3 Å². The van der Waals surface area contributed by atoms with Gasteiger partial charge in [0.2, 0.25) is 0 Å². The molecular formula is C12H9F3S. The largest absolute Gasteiger partial charge is 0.426 e. The van der Waals surface area contributed by atoms with Gasteiger partial charge in [0.15, 0.2) is 0 Å². The minimum Gasteiger partial charge on any atom is -0.165 e. The summed E-state index contributed by atoms with van der Waals surface area (Å²) in [6, 6.07) is 10.2. The van der Waals surface area contributed by atoms with Crippen molar-refractivity contribution in [2.75, 3.05) is 0 Å². The molecule has 4 heteroatoms. The first-order valence-electron chi connectivity index (χ1n) is 4.71. The third-order valence-corrected chi connectivity index (χ3v) is 3.29. The van der Waals surface area contributed by atoms with Crippen LogP contribution in [0.4, 0.5) is 13.2 Å². The van der Waals surface area contributed by atoms with E-state index in [1.165, 1.54) is 0 Å². The number of hydrogen-bond donors (Lipinski definition) is 0. The van der Waals surface area contributed by atoms with Crippen molar-refractivity contribution in [2.24, 2.45) is 0 Å². The molecule has 2 aromatic rings. The van der Waals surface area contributed by atoms with Crippen molar-refractivity contribution in [2.45, 2.75) is 13.1 Å². The van der Waals surface area contributed by atoms with E-state index in [2.05, 4.69) is 0 Å². The molecule has 1 heterocycles. The first-order valence-corrected chi connectivity index (χ1v) is 5.53. The third kappa shape index (κ3) is 2.11. The van der Waals surface area contributed by atoms with E-state index in [9.17, 15) is 13.2 Å². The van der Waals surface area contributed by atoms with Gasteiger partial charge in [0, 0.05) is 10.4 Å². The third-order valence-electron chi connectivity index (χ3n) is 2.20. The number of thiophene rings is 1. The van der Waals surface area contributed by atoms with Crippen molar-refractivity contribution in [1.29, 1.82) is 0 Å². The summed E-state index contributed by atoms with van der Waals surface area (Å²) in [6.07, 6.45) is -4.27. The molecule has 0 aliphatic carbocycles. The lowest BCUT2D eigenvalue weighted by atomic mass is 10.1. The van der Waals surface area contributed by atoms with E-state index in [1.54, 1.807) is 43.3 Å². The highest BCUT2D eigenvalue weighted by molar-refractivity contribution is 7.12. The van der Waals surface area contributed by atoms with Crippen LogP contribution in [-0.4, -0.2) is 0 Å². The Hall–Kier alpha value is -1.29. The van der Waals surface area contributed by atoms with Crippen LogP contribution in [0.25, 0.3) is 11.1 Å². The van der Waals surface area contributed by atoms with Crippen molar-refractivity contribution >= 4 is 11.3 Å². The Labute approximate surface area is 95.4 Å². The fraction of sp³-hybridized carbons (Fsp3) is 0.167. The molecule has 16 heavy (non-hydrogen) atoms. The molecule has 84 valence electrons. The average Bonchev–Trinajstić information content (AvgIpc) is 2.61. The van der Waals surface area contributed by atoms with Crippen LogP contribution in [0.5, 0.6) is 0 Å². The van der Waals surface area contributed by atoms with Gasteiger partial charge < -0.3 is 0 Å². The lowest BCUT2D eigenvalue weighted by Gasteiger charge is -2.07. The Bertz CT molecular complexity index is 483. The zero-order valence-electron chi connectivity index (χ0n) is 8.51. The Kier molecular flexibility index (Phi) is 2.76. The fourth-order valence-electron chi connectivity index (χ4n) is 1.56. The zero-order chi connectivity index (χ0) is 11.8. The summed E-state index contributed by atoms with van der Waals surface area (Å²) in [5.74, 6) is 0.